The van der Waals surface area contributed by atoms with E-state index in [0.29, 0.717) is 34.7 Å². The van der Waals surface area contributed by atoms with Crippen LogP contribution in [0.2, 0.25) is 0 Å². The summed E-state index contributed by atoms with van der Waals surface area (Å²) in [6.45, 7) is 5.16. The van der Waals surface area contributed by atoms with Crippen molar-refractivity contribution in [3.05, 3.63) is 52.5 Å². The predicted octanol–water partition coefficient (Wildman–Crippen LogP) is 4.91. The fourth-order valence-electron chi connectivity index (χ4n) is 2.39. The van der Waals surface area contributed by atoms with E-state index in [2.05, 4.69) is 15.9 Å². The molecule has 2 aromatic carbocycles. The number of hydrogen-bond donors (Lipinski definition) is 0. The minimum absolute atomic E-state index is 0.0789. The molecule has 0 saturated carbocycles. The number of nitrogens with zero attached hydrogens (tertiary/aromatic N) is 1. The van der Waals surface area contributed by atoms with E-state index >= 15 is 0 Å². The van der Waals surface area contributed by atoms with Crippen LogP contribution in [0.3, 0.4) is 0 Å². The van der Waals surface area contributed by atoms with Gasteiger partial charge in [-0.15, -0.1) is 0 Å². The summed E-state index contributed by atoms with van der Waals surface area (Å²) in [6.07, 6.45) is 0.897. The largest absolute Gasteiger partial charge is 0.493 e. The maximum absolute atomic E-state index is 12.9. The maximum Gasteiger partial charge on any atom is 0.258 e. The number of anilines is 1. The van der Waals surface area contributed by atoms with Crippen LogP contribution in [-0.2, 0) is 0 Å². The monoisotopic (exact) mass is 391 g/mol. The van der Waals surface area contributed by atoms with Crippen LogP contribution in [0.5, 0.6) is 11.5 Å². The number of ether oxygens (including phenoxy) is 2. The van der Waals surface area contributed by atoms with E-state index in [1.165, 1.54) is 0 Å². The molecule has 128 valence electrons. The Hall–Kier alpha value is -2.01. The number of para-hydroxylation sites is 1. The molecule has 0 aliphatic carbocycles. The number of carbonyl (C=O) groups excluding carboxylic acids is 1. The van der Waals surface area contributed by atoms with Crippen LogP contribution < -0.4 is 14.4 Å². The first-order chi connectivity index (χ1) is 11.6. The predicted molar refractivity (Wildman–Crippen MR) is 100 cm³/mol. The summed E-state index contributed by atoms with van der Waals surface area (Å²) in [5.74, 6) is 1.09. The third-order valence-electron chi connectivity index (χ3n) is 3.56. The van der Waals surface area contributed by atoms with Gasteiger partial charge in [-0.25, -0.2) is 0 Å². The van der Waals surface area contributed by atoms with Crippen LogP contribution >= 0.6 is 15.9 Å². The molecule has 0 unspecified atom stereocenters. The van der Waals surface area contributed by atoms with Gasteiger partial charge in [-0.1, -0.05) is 25.1 Å². The van der Waals surface area contributed by atoms with Gasteiger partial charge in [0.15, 0.2) is 11.5 Å². The Morgan fingerprint density at radius 1 is 1.17 bits per heavy atom. The molecule has 0 aliphatic heterocycles. The van der Waals surface area contributed by atoms with Crippen LogP contribution in [-0.4, -0.2) is 26.2 Å². The molecule has 0 spiro atoms. The molecule has 4 nitrogen and oxygen atoms in total. The number of benzene rings is 2. The molecule has 0 heterocycles. The fourth-order valence-corrected chi connectivity index (χ4v) is 2.95. The first-order valence-electron chi connectivity index (χ1n) is 7.99. The number of rotatable bonds is 7. The van der Waals surface area contributed by atoms with Crippen LogP contribution in [0.25, 0.3) is 0 Å². The van der Waals surface area contributed by atoms with Crippen molar-refractivity contribution >= 4 is 27.5 Å². The highest BCUT2D eigenvalue weighted by Crippen LogP contribution is 2.37. The lowest BCUT2D eigenvalue weighted by Gasteiger charge is -2.22. The maximum atomic E-state index is 12.9. The van der Waals surface area contributed by atoms with Gasteiger partial charge >= 0.3 is 0 Å². The zero-order valence-electron chi connectivity index (χ0n) is 14.2. The van der Waals surface area contributed by atoms with E-state index < -0.39 is 0 Å². The summed E-state index contributed by atoms with van der Waals surface area (Å²) >= 11 is 3.49. The molecule has 5 heteroatoms. The van der Waals surface area contributed by atoms with Crippen molar-refractivity contribution < 1.29 is 14.3 Å². The first-order valence-corrected chi connectivity index (χ1v) is 8.78. The van der Waals surface area contributed by atoms with Crippen LogP contribution in [0, 0.1) is 0 Å². The Morgan fingerprint density at radius 2 is 1.88 bits per heavy atom. The van der Waals surface area contributed by atoms with Gasteiger partial charge in [0.2, 0.25) is 0 Å². The average Bonchev–Trinajstić information content (AvgIpc) is 2.61. The Bertz CT molecular complexity index is 689. The molecule has 2 rings (SSSR count). The summed E-state index contributed by atoms with van der Waals surface area (Å²) in [5.41, 5.74) is 1.42. The second kappa shape index (κ2) is 8.73. The first kappa shape index (κ1) is 18.3. The Morgan fingerprint density at radius 3 is 2.46 bits per heavy atom. The Balaban J connectivity index is 2.37. The number of hydrogen-bond acceptors (Lipinski definition) is 3. The molecule has 0 aromatic heterocycles. The SMILES string of the molecule is CCCOc1c(Br)cc(C(=O)N(CC)c2ccccc2)cc1OC. The van der Waals surface area contributed by atoms with Crippen molar-refractivity contribution in [2.45, 2.75) is 20.3 Å². The van der Waals surface area contributed by atoms with Gasteiger partial charge in [0.25, 0.3) is 5.91 Å². The van der Waals surface area contributed by atoms with Crippen LogP contribution in [0.4, 0.5) is 5.69 Å². The molecule has 0 atom stereocenters. The highest BCUT2D eigenvalue weighted by atomic mass is 79.9. The highest BCUT2D eigenvalue weighted by Gasteiger charge is 2.20. The van der Waals surface area contributed by atoms with Gasteiger partial charge in [-0.3, -0.25) is 4.79 Å². The van der Waals surface area contributed by atoms with Gasteiger partial charge in [0.05, 0.1) is 18.2 Å². The van der Waals surface area contributed by atoms with E-state index in [1.807, 2.05) is 44.2 Å². The summed E-state index contributed by atoms with van der Waals surface area (Å²) in [5, 5.41) is 0. The third-order valence-corrected chi connectivity index (χ3v) is 4.15. The van der Waals surface area contributed by atoms with E-state index in [9.17, 15) is 4.79 Å². The van der Waals surface area contributed by atoms with Crippen molar-refractivity contribution in [2.75, 3.05) is 25.2 Å². The molecule has 0 saturated heterocycles. The molecule has 0 aliphatic rings. The lowest BCUT2D eigenvalue weighted by molar-refractivity contribution is 0.0988. The standard InChI is InChI=1S/C19H22BrNO3/c1-4-11-24-18-16(20)12-14(13-17(18)23-3)19(22)21(5-2)15-9-7-6-8-10-15/h6-10,12-13H,4-5,11H2,1-3H3. The summed E-state index contributed by atoms with van der Waals surface area (Å²) < 4.78 is 11.8. The van der Waals surface area contributed by atoms with Gasteiger partial charge in [0, 0.05) is 17.8 Å². The molecule has 0 radical (unpaired) electrons. The lowest BCUT2D eigenvalue weighted by atomic mass is 10.1. The van der Waals surface area contributed by atoms with E-state index in [0.717, 1.165) is 12.1 Å². The van der Waals surface area contributed by atoms with Crippen LogP contribution in [0.15, 0.2) is 46.9 Å². The second-order valence-corrected chi connectivity index (χ2v) is 6.08. The van der Waals surface area contributed by atoms with Crippen molar-refractivity contribution in [3.8, 4) is 11.5 Å². The molecule has 24 heavy (non-hydrogen) atoms. The lowest BCUT2D eigenvalue weighted by Crippen LogP contribution is -2.30. The van der Waals surface area contributed by atoms with Gasteiger partial charge in [0.1, 0.15) is 0 Å². The van der Waals surface area contributed by atoms with Crippen molar-refractivity contribution in [1.82, 2.24) is 0 Å². The summed E-state index contributed by atoms with van der Waals surface area (Å²) in [6, 6.07) is 13.1. The molecular formula is C19H22BrNO3. The smallest absolute Gasteiger partial charge is 0.258 e. The third kappa shape index (κ3) is 4.09. The number of carbonyl (C=O) groups is 1. The normalized spacial score (nSPS) is 10.3. The molecular weight excluding hydrogens is 370 g/mol. The second-order valence-electron chi connectivity index (χ2n) is 5.22. The zero-order chi connectivity index (χ0) is 17.5. The molecule has 0 bridgehead atoms. The quantitative estimate of drug-likeness (QED) is 0.672. The molecule has 2 aromatic rings. The minimum atomic E-state index is -0.0789. The van der Waals surface area contributed by atoms with E-state index in [1.54, 1.807) is 24.1 Å². The summed E-state index contributed by atoms with van der Waals surface area (Å²) in [7, 11) is 1.57. The Kier molecular flexibility index (Phi) is 6.67. The number of amides is 1. The Labute approximate surface area is 151 Å². The van der Waals surface area contributed by atoms with Gasteiger partial charge in [-0.2, -0.15) is 0 Å². The zero-order valence-corrected chi connectivity index (χ0v) is 15.8. The number of methoxy groups -OCH3 is 1. The van der Waals surface area contributed by atoms with Crippen molar-refractivity contribution in [1.29, 1.82) is 0 Å². The average molecular weight is 392 g/mol. The fraction of sp³-hybridized carbons (Fsp3) is 0.316. The van der Waals surface area contributed by atoms with E-state index in [-0.39, 0.29) is 5.91 Å². The highest BCUT2D eigenvalue weighted by molar-refractivity contribution is 9.10. The topological polar surface area (TPSA) is 38.8 Å². The van der Waals surface area contributed by atoms with Crippen LogP contribution in [0.1, 0.15) is 30.6 Å². The van der Waals surface area contributed by atoms with Gasteiger partial charge < -0.3 is 14.4 Å². The van der Waals surface area contributed by atoms with E-state index in [4.69, 9.17) is 9.47 Å². The summed E-state index contributed by atoms with van der Waals surface area (Å²) in [4.78, 5) is 14.7. The molecule has 0 N–H and O–H groups in total. The molecule has 0 fully saturated rings. The van der Waals surface area contributed by atoms with Crippen molar-refractivity contribution in [2.24, 2.45) is 0 Å². The molecule has 1 amide bonds. The minimum Gasteiger partial charge on any atom is -0.493 e. The van der Waals surface area contributed by atoms with Gasteiger partial charge in [-0.05, 0) is 53.5 Å². The van der Waals surface area contributed by atoms with Crippen molar-refractivity contribution in [3.63, 3.8) is 0 Å². The number of halogens is 1.